The van der Waals surface area contributed by atoms with Crippen LogP contribution in [0.1, 0.15) is 0 Å². The molecule has 0 bridgehead atoms. The number of thiophene rings is 1. The highest BCUT2D eigenvalue weighted by molar-refractivity contribution is 7.25. The maximum absolute atomic E-state index is 6.04. The molecule has 0 saturated heterocycles. The smallest absolute Gasteiger partial charge is 0.135 e. The molecule has 0 aliphatic heterocycles. The van der Waals surface area contributed by atoms with Gasteiger partial charge in [0.2, 0.25) is 0 Å². The van der Waals surface area contributed by atoms with Crippen molar-refractivity contribution in [1.29, 1.82) is 0 Å². The first-order chi connectivity index (χ1) is 15.8. The van der Waals surface area contributed by atoms with Crippen LogP contribution in [-0.4, -0.2) is 0 Å². The summed E-state index contributed by atoms with van der Waals surface area (Å²) in [6.45, 7) is 0. The molecule has 150 valence electrons. The summed E-state index contributed by atoms with van der Waals surface area (Å²) in [7, 11) is 0. The highest BCUT2D eigenvalue weighted by Gasteiger charge is 2.13. The van der Waals surface area contributed by atoms with E-state index in [-0.39, 0.29) is 0 Å². The minimum absolute atomic E-state index is 0.929. The number of hydrogen-bond donors (Lipinski definition) is 0. The number of benzene rings is 5. The predicted octanol–water partition coefficient (Wildman–Crippen LogP) is 9.29. The van der Waals surface area contributed by atoms with Gasteiger partial charge in [-0.15, -0.1) is 11.3 Å². The van der Waals surface area contributed by atoms with E-state index < -0.39 is 0 Å². The lowest BCUT2D eigenvalue weighted by atomic mass is 9.93. The molecular weight excluding hydrogens is 408 g/mol. The van der Waals surface area contributed by atoms with Gasteiger partial charge in [0.25, 0.3) is 0 Å². The summed E-state index contributed by atoms with van der Waals surface area (Å²) >= 11 is 1.86. The van der Waals surface area contributed by atoms with E-state index >= 15 is 0 Å². The molecular formula is C30H18OS. The summed E-state index contributed by atoms with van der Waals surface area (Å²) in [5, 5.41) is 4.98. The molecule has 0 fully saturated rings. The minimum Gasteiger partial charge on any atom is -0.456 e. The van der Waals surface area contributed by atoms with E-state index in [2.05, 4.69) is 97.1 Å². The molecule has 0 spiro atoms. The van der Waals surface area contributed by atoms with E-state index in [4.69, 9.17) is 4.42 Å². The first-order valence-electron chi connectivity index (χ1n) is 10.8. The van der Waals surface area contributed by atoms with E-state index in [9.17, 15) is 0 Å². The Morgan fingerprint density at radius 1 is 0.438 bits per heavy atom. The Bertz CT molecular complexity index is 1650. The SMILES string of the molecule is c1ccc(-c2ccc3sc4ccccc4c3c2)c(-c2ccc3oc4ccccc4c3c2)c1. The van der Waals surface area contributed by atoms with Crippen LogP contribution >= 0.6 is 11.3 Å². The van der Waals surface area contributed by atoms with Crippen molar-refractivity contribution < 1.29 is 4.42 Å². The fraction of sp³-hybridized carbons (Fsp3) is 0. The van der Waals surface area contributed by atoms with Crippen molar-refractivity contribution in [3.05, 3.63) is 109 Å². The molecule has 32 heavy (non-hydrogen) atoms. The molecule has 0 saturated carbocycles. The number of furan rings is 1. The first kappa shape index (κ1) is 17.8. The summed E-state index contributed by atoms with van der Waals surface area (Å²) in [6, 6.07) is 39.0. The highest BCUT2D eigenvalue weighted by atomic mass is 32.1. The predicted molar refractivity (Wildman–Crippen MR) is 137 cm³/mol. The van der Waals surface area contributed by atoms with Gasteiger partial charge < -0.3 is 4.42 Å². The number of fused-ring (bicyclic) bond motifs is 6. The van der Waals surface area contributed by atoms with Gasteiger partial charge in [0.05, 0.1) is 0 Å². The minimum atomic E-state index is 0.929. The average Bonchev–Trinajstić information content (AvgIpc) is 3.41. The standard InChI is InChI=1S/C30H18OS/c1-2-8-22(20-14-16-30-26(18-20)24-10-4-6-12-29(24)32-30)21(7-1)19-13-15-28-25(17-19)23-9-3-5-11-27(23)31-28/h1-18H. The van der Waals surface area contributed by atoms with Crippen molar-refractivity contribution >= 4 is 53.4 Å². The molecule has 0 atom stereocenters. The maximum atomic E-state index is 6.04. The monoisotopic (exact) mass is 426 g/mol. The molecule has 0 unspecified atom stereocenters. The van der Waals surface area contributed by atoms with E-state index in [1.807, 2.05) is 23.5 Å². The van der Waals surface area contributed by atoms with Crippen molar-refractivity contribution in [2.75, 3.05) is 0 Å². The number of para-hydroxylation sites is 1. The topological polar surface area (TPSA) is 13.1 Å². The van der Waals surface area contributed by atoms with E-state index in [1.54, 1.807) is 0 Å². The molecule has 2 aromatic heterocycles. The van der Waals surface area contributed by atoms with Crippen LogP contribution < -0.4 is 0 Å². The molecule has 1 nitrogen and oxygen atoms in total. The van der Waals surface area contributed by atoms with Gasteiger partial charge in [-0.25, -0.2) is 0 Å². The second kappa shape index (κ2) is 6.81. The van der Waals surface area contributed by atoms with Crippen molar-refractivity contribution in [2.45, 2.75) is 0 Å². The second-order valence-electron chi connectivity index (χ2n) is 8.16. The van der Waals surface area contributed by atoms with Crippen LogP contribution in [0.5, 0.6) is 0 Å². The molecule has 7 rings (SSSR count). The Kier molecular flexibility index (Phi) is 3.78. The third kappa shape index (κ3) is 2.63. The third-order valence-electron chi connectivity index (χ3n) is 6.30. The Morgan fingerprint density at radius 3 is 1.88 bits per heavy atom. The summed E-state index contributed by atoms with van der Waals surface area (Å²) in [5.41, 5.74) is 6.79. The summed E-state index contributed by atoms with van der Waals surface area (Å²) in [6.07, 6.45) is 0. The van der Waals surface area contributed by atoms with Crippen LogP contribution in [-0.2, 0) is 0 Å². The molecule has 2 heterocycles. The molecule has 0 radical (unpaired) electrons. The Hall–Kier alpha value is -3.88. The Morgan fingerprint density at radius 2 is 1.03 bits per heavy atom. The van der Waals surface area contributed by atoms with Crippen molar-refractivity contribution in [2.24, 2.45) is 0 Å². The molecule has 7 aromatic rings. The van der Waals surface area contributed by atoms with Crippen LogP contribution in [0, 0.1) is 0 Å². The summed E-state index contributed by atoms with van der Waals surface area (Å²) in [5.74, 6) is 0. The molecule has 0 aliphatic carbocycles. The zero-order chi connectivity index (χ0) is 21.1. The van der Waals surface area contributed by atoms with Gasteiger partial charge in [0.15, 0.2) is 0 Å². The molecule has 2 heteroatoms. The van der Waals surface area contributed by atoms with Crippen LogP contribution in [0.4, 0.5) is 0 Å². The lowest BCUT2D eigenvalue weighted by molar-refractivity contribution is 0.669. The van der Waals surface area contributed by atoms with Gasteiger partial charge in [0, 0.05) is 30.9 Å². The maximum Gasteiger partial charge on any atom is 0.135 e. The van der Waals surface area contributed by atoms with Crippen LogP contribution in [0.2, 0.25) is 0 Å². The molecule has 5 aromatic carbocycles. The molecule has 0 amide bonds. The lowest BCUT2D eigenvalue weighted by Gasteiger charge is -2.11. The summed E-state index contributed by atoms with van der Waals surface area (Å²) in [4.78, 5) is 0. The first-order valence-corrected chi connectivity index (χ1v) is 11.6. The molecule has 0 N–H and O–H groups in total. The zero-order valence-electron chi connectivity index (χ0n) is 17.2. The van der Waals surface area contributed by atoms with Crippen LogP contribution in [0.15, 0.2) is 114 Å². The van der Waals surface area contributed by atoms with Crippen LogP contribution in [0.3, 0.4) is 0 Å². The second-order valence-corrected chi connectivity index (χ2v) is 9.25. The largest absolute Gasteiger partial charge is 0.456 e. The van der Waals surface area contributed by atoms with E-state index in [1.165, 1.54) is 42.4 Å². The quantitative estimate of drug-likeness (QED) is 0.268. The third-order valence-corrected chi connectivity index (χ3v) is 7.45. The van der Waals surface area contributed by atoms with E-state index in [0.29, 0.717) is 0 Å². The highest BCUT2D eigenvalue weighted by Crippen LogP contribution is 2.40. The number of hydrogen-bond acceptors (Lipinski definition) is 2. The van der Waals surface area contributed by atoms with Gasteiger partial charge in [-0.1, -0.05) is 72.8 Å². The van der Waals surface area contributed by atoms with Gasteiger partial charge in [-0.05, 0) is 58.7 Å². The Labute approximate surface area is 189 Å². The summed E-state index contributed by atoms with van der Waals surface area (Å²) < 4.78 is 8.71. The fourth-order valence-corrected chi connectivity index (χ4v) is 5.86. The van der Waals surface area contributed by atoms with Gasteiger partial charge in [-0.2, -0.15) is 0 Å². The molecule has 0 aliphatic rings. The van der Waals surface area contributed by atoms with Gasteiger partial charge in [-0.3, -0.25) is 0 Å². The van der Waals surface area contributed by atoms with Gasteiger partial charge in [0.1, 0.15) is 11.2 Å². The van der Waals surface area contributed by atoms with Crippen molar-refractivity contribution in [3.8, 4) is 22.3 Å². The zero-order valence-corrected chi connectivity index (χ0v) is 18.0. The van der Waals surface area contributed by atoms with Gasteiger partial charge >= 0.3 is 0 Å². The van der Waals surface area contributed by atoms with Crippen LogP contribution in [0.25, 0.3) is 64.4 Å². The fourth-order valence-electron chi connectivity index (χ4n) is 4.77. The van der Waals surface area contributed by atoms with Crippen molar-refractivity contribution in [1.82, 2.24) is 0 Å². The Balaban J connectivity index is 1.45. The lowest BCUT2D eigenvalue weighted by Crippen LogP contribution is -1.85. The normalized spacial score (nSPS) is 11.8. The van der Waals surface area contributed by atoms with Crippen molar-refractivity contribution in [3.63, 3.8) is 0 Å². The average molecular weight is 427 g/mol. The number of rotatable bonds is 2. The van der Waals surface area contributed by atoms with E-state index in [0.717, 1.165) is 21.9 Å².